The molecule has 2 aromatic rings. The van der Waals surface area contributed by atoms with Gasteiger partial charge >= 0.3 is 0 Å². The van der Waals surface area contributed by atoms with Crippen LogP contribution in [0.2, 0.25) is 0 Å². The molecule has 109 valence electrons. The van der Waals surface area contributed by atoms with Crippen molar-refractivity contribution < 1.29 is 47.3 Å². The van der Waals surface area contributed by atoms with Crippen molar-refractivity contribution in [3.05, 3.63) is 71.0 Å². The number of rotatable bonds is 5. The van der Waals surface area contributed by atoms with Crippen molar-refractivity contribution in [3.63, 3.8) is 0 Å². The summed E-state index contributed by atoms with van der Waals surface area (Å²) in [5, 5.41) is 20.6. The van der Waals surface area contributed by atoms with E-state index in [1.54, 1.807) is 30.3 Å². The van der Waals surface area contributed by atoms with Gasteiger partial charge in [-0.05, 0) is 24.1 Å². The van der Waals surface area contributed by atoms with E-state index >= 15 is 0 Å². The Labute approximate surface area is 149 Å². The van der Waals surface area contributed by atoms with Crippen LogP contribution >= 0.6 is 0 Å². The minimum atomic E-state index is -1.23. The first kappa shape index (κ1) is 18.4. The smallest absolute Gasteiger partial charge is 0.123 e. The van der Waals surface area contributed by atoms with E-state index in [1.165, 1.54) is 12.1 Å². The number of aliphatic hydroxyl groups is 2. The molecule has 0 spiro atoms. The minimum Gasteiger partial charge on any atom is -0.404 e. The van der Waals surface area contributed by atoms with E-state index < -0.39 is 5.60 Å². The second-order valence-corrected chi connectivity index (χ2v) is 4.86. The molecule has 1 unspecified atom stereocenters. The molecule has 21 heavy (non-hydrogen) atoms. The van der Waals surface area contributed by atoms with Crippen LogP contribution in [-0.4, -0.2) is 10.2 Å². The summed E-state index contributed by atoms with van der Waals surface area (Å²) in [6, 6.07) is 13.9. The van der Waals surface area contributed by atoms with Gasteiger partial charge in [0.15, 0.2) is 0 Å². The predicted octanol–water partition coefficient (Wildman–Crippen LogP) is 3.15. The van der Waals surface area contributed by atoms with E-state index in [4.69, 9.17) is 0 Å². The van der Waals surface area contributed by atoms with Gasteiger partial charge in [0, 0.05) is 39.3 Å². The number of hydrogen-bond acceptors (Lipinski definition) is 2. The Bertz CT molecular complexity index is 571. The largest absolute Gasteiger partial charge is 0.404 e. The van der Waals surface area contributed by atoms with E-state index in [0.717, 1.165) is 6.42 Å². The first-order valence-corrected chi connectivity index (χ1v) is 6.70. The van der Waals surface area contributed by atoms with E-state index in [0.29, 0.717) is 23.1 Å². The molecule has 1 atom stereocenters. The number of aliphatic hydroxyl groups excluding tert-OH is 1. The van der Waals surface area contributed by atoms with Crippen LogP contribution in [0.4, 0.5) is 4.39 Å². The number of halogens is 1. The van der Waals surface area contributed by atoms with Gasteiger partial charge in [0.1, 0.15) is 5.82 Å². The summed E-state index contributed by atoms with van der Waals surface area (Å²) in [5.74, 6) is -0.337. The van der Waals surface area contributed by atoms with E-state index in [2.05, 4.69) is 6.07 Å². The Morgan fingerprint density at radius 1 is 1.19 bits per heavy atom. The topological polar surface area (TPSA) is 40.5 Å². The first-order valence-electron chi connectivity index (χ1n) is 6.70. The molecule has 2 aromatic carbocycles. The van der Waals surface area contributed by atoms with Crippen LogP contribution in [0.3, 0.4) is 0 Å². The summed E-state index contributed by atoms with van der Waals surface area (Å²) in [4.78, 5) is 0. The van der Waals surface area contributed by atoms with Gasteiger partial charge in [-0.1, -0.05) is 25.5 Å². The summed E-state index contributed by atoms with van der Waals surface area (Å²) >= 11 is 0. The number of benzene rings is 2. The molecular weight excluding hydrogens is 344 g/mol. The molecule has 0 heterocycles. The molecule has 0 aliphatic carbocycles. The number of hydrogen-bond donors (Lipinski definition) is 2. The molecule has 0 aliphatic rings. The van der Waals surface area contributed by atoms with E-state index in [9.17, 15) is 14.6 Å². The SMILES string of the molecule is CCCC(O)(c1ccc(F)cc1)c1cc[c-]cc1CO.[Y]. The van der Waals surface area contributed by atoms with Crippen molar-refractivity contribution in [1.82, 2.24) is 0 Å². The molecule has 1 radical (unpaired) electrons. The minimum absolute atomic E-state index is 0. The Morgan fingerprint density at radius 2 is 1.86 bits per heavy atom. The monoisotopic (exact) mass is 362 g/mol. The van der Waals surface area contributed by atoms with Crippen LogP contribution in [0.15, 0.2) is 42.5 Å². The van der Waals surface area contributed by atoms with Crippen molar-refractivity contribution in [2.75, 3.05) is 0 Å². The van der Waals surface area contributed by atoms with Gasteiger partial charge in [0.05, 0.1) is 5.60 Å². The Morgan fingerprint density at radius 3 is 2.43 bits per heavy atom. The zero-order valence-electron chi connectivity index (χ0n) is 12.0. The Hall–Kier alpha value is -0.606. The third kappa shape index (κ3) is 3.98. The van der Waals surface area contributed by atoms with Gasteiger partial charge in [0.2, 0.25) is 0 Å². The maximum absolute atomic E-state index is 13.1. The van der Waals surface area contributed by atoms with Gasteiger partial charge in [-0.3, -0.25) is 0 Å². The van der Waals surface area contributed by atoms with Crippen molar-refractivity contribution in [1.29, 1.82) is 0 Å². The zero-order valence-corrected chi connectivity index (χ0v) is 14.9. The normalized spacial score (nSPS) is 13.3. The maximum Gasteiger partial charge on any atom is 0.123 e. The van der Waals surface area contributed by atoms with E-state index in [1.807, 2.05) is 6.92 Å². The zero-order chi connectivity index (χ0) is 14.6. The summed E-state index contributed by atoms with van der Waals surface area (Å²) in [5.41, 5.74) is 0.678. The fraction of sp³-hybridized carbons (Fsp3) is 0.294. The molecule has 2 N–H and O–H groups in total. The van der Waals surface area contributed by atoms with Crippen molar-refractivity contribution in [3.8, 4) is 0 Å². The van der Waals surface area contributed by atoms with Crippen LogP contribution in [0.25, 0.3) is 0 Å². The van der Waals surface area contributed by atoms with Crippen LogP contribution < -0.4 is 0 Å². The van der Waals surface area contributed by atoms with Crippen molar-refractivity contribution in [2.45, 2.75) is 32.0 Å². The Balaban J connectivity index is 0.00000220. The van der Waals surface area contributed by atoms with Crippen LogP contribution in [0.5, 0.6) is 0 Å². The fourth-order valence-electron chi connectivity index (χ4n) is 2.52. The second-order valence-electron chi connectivity index (χ2n) is 4.86. The Kier molecular flexibility index (Phi) is 7.15. The van der Waals surface area contributed by atoms with Crippen LogP contribution in [-0.2, 0) is 44.9 Å². The van der Waals surface area contributed by atoms with E-state index in [-0.39, 0.29) is 45.1 Å². The summed E-state index contributed by atoms with van der Waals surface area (Å²) in [6.07, 6.45) is 1.26. The van der Waals surface area contributed by atoms with Crippen LogP contribution in [0.1, 0.15) is 36.5 Å². The first-order chi connectivity index (χ1) is 9.61. The average Bonchev–Trinajstić information content (AvgIpc) is 2.48. The van der Waals surface area contributed by atoms with Gasteiger partial charge in [-0.15, -0.1) is 11.1 Å². The summed E-state index contributed by atoms with van der Waals surface area (Å²) < 4.78 is 13.1. The molecule has 2 rings (SSSR count). The average molecular weight is 362 g/mol. The van der Waals surface area contributed by atoms with Gasteiger partial charge in [-0.25, -0.2) is 4.39 Å². The maximum atomic E-state index is 13.1. The van der Waals surface area contributed by atoms with Crippen molar-refractivity contribution in [2.24, 2.45) is 0 Å². The van der Waals surface area contributed by atoms with Gasteiger partial charge in [0.25, 0.3) is 0 Å². The molecule has 0 bridgehead atoms. The molecule has 0 aromatic heterocycles. The fourth-order valence-corrected chi connectivity index (χ4v) is 2.52. The standard InChI is InChI=1S/C17H18FO2.Y/c1-2-11-17(20,14-7-9-15(18)10-8-14)16-6-4-3-5-13(16)12-19;/h4-10,19-20H,2,11-12H2,1H3;/q-1;. The molecule has 0 saturated heterocycles. The van der Waals surface area contributed by atoms with Gasteiger partial charge in [-0.2, -0.15) is 24.3 Å². The molecule has 0 saturated carbocycles. The van der Waals surface area contributed by atoms with Gasteiger partial charge < -0.3 is 10.2 Å². The molecule has 0 amide bonds. The quantitative estimate of drug-likeness (QED) is 0.803. The molecule has 2 nitrogen and oxygen atoms in total. The summed E-state index contributed by atoms with van der Waals surface area (Å²) in [7, 11) is 0. The van der Waals surface area contributed by atoms with Crippen LogP contribution in [0, 0.1) is 11.9 Å². The second kappa shape index (κ2) is 8.14. The molecule has 4 heteroatoms. The molecule has 0 fully saturated rings. The molecule has 0 aliphatic heterocycles. The van der Waals surface area contributed by atoms with Crippen molar-refractivity contribution >= 4 is 0 Å². The predicted molar refractivity (Wildman–Crippen MR) is 75.5 cm³/mol. The summed E-state index contributed by atoms with van der Waals surface area (Å²) in [6.45, 7) is 1.81. The third-order valence-corrected chi connectivity index (χ3v) is 3.50. The third-order valence-electron chi connectivity index (χ3n) is 3.50. The molecular formula is C17H18FO2Y-.